The maximum Gasteiger partial charge on any atom is 0.0174 e. The standard InChI is InChI=1S/C11H21Br/c1-8(2)6-10-7-9(3)4-5-11(10)12/h8-11H,4-7H2,1-3H3. The van der Waals surface area contributed by atoms with Gasteiger partial charge in [0, 0.05) is 4.83 Å². The molecule has 0 N–H and O–H groups in total. The quantitative estimate of drug-likeness (QED) is 0.626. The largest absolute Gasteiger partial charge is 0.0888 e. The maximum atomic E-state index is 3.81. The third-order valence-electron chi connectivity index (χ3n) is 2.93. The molecule has 0 aromatic rings. The van der Waals surface area contributed by atoms with Crippen LogP contribution in [-0.4, -0.2) is 4.83 Å². The Labute approximate surface area is 85.3 Å². The highest BCUT2D eigenvalue weighted by molar-refractivity contribution is 9.09. The highest BCUT2D eigenvalue weighted by atomic mass is 79.9. The van der Waals surface area contributed by atoms with Gasteiger partial charge in [0.05, 0.1) is 0 Å². The molecule has 3 atom stereocenters. The minimum absolute atomic E-state index is 0.802. The Morgan fingerprint density at radius 1 is 1.33 bits per heavy atom. The molecule has 0 amide bonds. The SMILES string of the molecule is CC(C)CC1CC(C)CCC1Br. The van der Waals surface area contributed by atoms with Crippen LogP contribution in [0.15, 0.2) is 0 Å². The fraction of sp³-hybridized carbons (Fsp3) is 1.00. The number of alkyl halides is 1. The van der Waals surface area contributed by atoms with Gasteiger partial charge in [-0.05, 0) is 43.4 Å². The van der Waals surface area contributed by atoms with Gasteiger partial charge in [-0.15, -0.1) is 0 Å². The molecule has 1 fully saturated rings. The van der Waals surface area contributed by atoms with Gasteiger partial charge < -0.3 is 0 Å². The Morgan fingerprint density at radius 2 is 2.00 bits per heavy atom. The average molecular weight is 233 g/mol. The summed E-state index contributed by atoms with van der Waals surface area (Å²) < 4.78 is 0. The van der Waals surface area contributed by atoms with Gasteiger partial charge >= 0.3 is 0 Å². The van der Waals surface area contributed by atoms with E-state index in [1.165, 1.54) is 25.7 Å². The summed E-state index contributed by atoms with van der Waals surface area (Å²) in [4.78, 5) is 0.802. The predicted octanol–water partition coefficient (Wildman–Crippen LogP) is 4.23. The van der Waals surface area contributed by atoms with E-state index >= 15 is 0 Å². The fourth-order valence-corrected chi connectivity index (χ4v) is 3.01. The van der Waals surface area contributed by atoms with Gasteiger partial charge in [-0.3, -0.25) is 0 Å². The lowest BCUT2D eigenvalue weighted by molar-refractivity contribution is 0.260. The second-order valence-electron chi connectivity index (χ2n) is 4.82. The van der Waals surface area contributed by atoms with Gasteiger partial charge in [0.15, 0.2) is 0 Å². The molecule has 0 aromatic carbocycles. The van der Waals surface area contributed by atoms with Crippen molar-refractivity contribution in [3.05, 3.63) is 0 Å². The van der Waals surface area contributed by atoms with Crippen molar-refractivity contribution in [1.82, 2.24) is 0 Å². The summed E-state index contributed by atoms with van der Waals surface area (Å²) in [7, 11) is 0. The summed E-state index contributed by atoms with van der Waals surface area (Å²) in [5, 5.41) is 0. The van der Waals surface area contributed by atoms with E-state index in [-0.39, 0.29) is 0 Å². The first-order valence-electron chi connectivity index (χ1n) is 5.23. The monoisotopic (exact) mass is 232 g/mol. The lowest BCUT2D eigenvalue weighted by Gasteiger charge is -2.32. The summed E-state index contributed by atoms with van der Waals surface area (Å²) in [6.07, 6.45) is 5.65. The van der Waals surface area contributed by atoms with Crippen molar-refractivity contribution in [2.45, 2.75) is 51.3 Å². The molecule has 0 aromatic heterocycles. The minimum atomic E-state index is 0.802. The number of halogens is 1. The molecule has 1 saturated carbocycles. The first-order chi connectivity index (χ1) is 5.59. The Kier molecular flexibility index (Phi) is 4.09. The van der Waals surface area contributed by atoms with Crippen LogP contribution in [0.3, 0.4) is 0 Å². The third-order valence-corrected chi connectivity index (χ3v) is 4.13. The number of rotatable bonds is 2. The number of hydrogen-bond acceptors (Lipinski definition) is 0. The molecule has 0 spiro atoms. The molecule has 0 aliphatic heterocycles. The summed E-state index contributed by atoms with van der Waals surface area (Å²) in [5.74, 6) is 2.76. The molecule has 1 rings (SSSR count). The van der Waals surface area contributed by atoms with E-state index in [4.69, 9.17) is 0 Å². The Bertz CT molecular complexity index is 129. The second kappa shape index (κ2) is 4.64. The van der Waals surface area contributed by atoms with E-state index in [2.05, 4.69) is 36.7 Å². The maximum absolute atomic E-state index is 3.81. The van der Waals surface area contributed by atoms with E-state index in [1.807, 2.05) is 0 Å². The van der Waals surface area contributed by atoms with Crippen molar-refractivity contribution >= 4 is 15.9 Å². The van der Waals surface area contributed by atoms with Crippen LogP contribution >= 0.6 is 15.9 Å². The van der Waals surface area contributed by atoms with Crippen LogP contribution in [0.25, 0.3) is 0 Å². The summed E-state index contributed by atoms with van der Waals surface area (Å²) >= 11 is 3.81. The van der Waals surface area contributed by atoms with Gasteiger partial charge in [-0.2, -0.15) is 0 Å². The van der Waals surface area contributed by atoms with Gasteiger partial charge in [-0.1, -0.05) is 36.7 Å². The predicted molar refractivity (Wildman–Crippen MR) is 58.7 cm³/mol. The van der Waals surface area contributed by atoms with E-state index in [0.29, 0.717) is 0 Å². The fourth-order valence-electron chi connectivity index (χ4n) is 2.31. The van der Waals surface area contributed by atoms with E-state index in [0.717, 1.165) is 22.6 Å². The molecule has 0 radical (unpaired) electrons. The normalized spacial score (nSPS) is 37.2. The zero-order valence-electron chi connectivity index (χ0n) is 8.52. The molecule has 0 heterocycles. The molecule has 12 heavy (non-hydrogen) atoms. The van der Waals surface area contributed by atoms with Gasteiger partial charge in [0.1, 0.15) is 0 Å². The Balaban J connectivity index is 2.38. The highest BCUT2D eigenvalue weighted by Crippen LogP contribution is 2.36. The van der Waals surface area contributed by atoms with Gasteiger partial charge in [0.2, 0.25) is 0 Å². The molecule has 72 valence electrons. The lowest BCUT2D eigenvalue weighted by Crippen LogP contribution is -2.24. The van der Waals surface area contributed by atoms with Crippen molar-refractivity contribution in [2.75, 3.05) is 0 Å². The molecule has 0 nitrogen and oxygen atoms in total. The minimum Gasteiger partial charge on any atom is -0.0888 e. The third kappa shape index (κ3) is 3.08. The van der Waals surface area contributed by atoms with E-state index in [9.17, 15) is 0 Å². The molecule has 1 aliphatic rings. The molecule has 0 saturated heterocycles. The van der Waals surface area contributed by atoms with Gasteiger partial charge in [-0.25, -0.2) is 0 Å². The van der Waals surface area contributed by atoms with Crippen LogP contribution in [0.1, 0.15) is 46.5 Å². The van der Waals surface area contributed by atoms with Gasteiger partial charge in [0.25, 0.3) is 0 Å². The summed E-state index contributed by atoms with van der Waals surface area (Å²) in [6.45, 7) is 7.06. The molecule has 0 bridgehead atoms. The number of hydrogen-bond donors (Lipinski definition) is 0. The second-order valence-corrected chi connectivity index (χ2v) is 6.00. The van der Waals surface area contributed by atoms with Crippen molar-refractivity contribution in [1.29, 1.82) is 0 Å². The highest BCUT2D eigenvalue weighted by Gasteiger charge is 2.26. The average Bonchev–Trinajstić information content (AvgIpc) is 1.96. The van der Waals surface area contributed by atoms with Crippen molar-refractivity contribution < 1.29 is 0 Å². The topological polar surface area (TPSA) is 0 Å². The summed E-state index contributed by atoms with van der Waals surface area (Å²) in [5.41, 5.74) is 0. The first-order valence-corrected chi connectivity index (χ1v) is 6.15. The van der Waals surface area contributed by atoms with Crippen LogP contribution in [-0.2, 0) is 0 Å². The van der Waals surface area contributed by atoms with E-state index < -0.39 is 0 Å². The molecular formula is C11H21Br. The van der Waals surface area contributed by atoms with Crippen molar-refractivity contribution in [2.24, 2.45) is 17.8 Å². The van der Waals surface area contributed by atoms with Crippen LogP contribution in [0.2, 0.25) is 0 Å². The van der Waals surface area contributed by atoms with Crippen molar-refractivity contribution in [3.63, 3.8) is 0 Å². The molecular weight excluding hydrogens is 212 g/mol. The van der Waals surface area contributed by atoms with Crippen LogP contribution in [0.5, 0.6) is 0 Å². The molecule has 1 aliphatic carbocycles. The van der Waals surface area contributed by atoms with Crippen LogP contribution in [0, 0.1) is 17.8 Å². The zero-order chi connectivity index (χ0) is 9.14. The lowest BCUT2D eigenvalue weighted by atomic mass is 9.78. The Morgan fingerprint density at radius 3 is 2.58 bits per heavy atom. The Hall–Kier alpha value is 0.480. The van der Waals surface area contributed by atoms with Crippen LogP contribution < -0.4 is 0 Å². The molecule has 1 heteroatoms. The smallest absolute Gasteiger partial charge is 0.0174 e. The van der Waals surface area contributed by atoms with E-state index in [1.54, 1.807) is 0 Å². The summed E-state index contributed by atoms with van der Waals surface area (Å²) in [6, 6.07) is 0. The zero-order valence-corrected chi connectivity index (χ0v) is 10.1. The molecule has 3 unspecified atom stereocenters. The first kappa shape index (κ1) is 10.6. The van der Waals surface area contributed by atoms with Crippen molar-refractivity contribution in [3.8, 4) is 0 Å². The van der Waals surface area contributed by atoms with Crippen LogP contribution in [0.4, 0.5) is 0 Å².